The Bertz CT molecular complexity index is 909. The Labute approximate surface area is 184 Å². The van der Waals surface area contributed by atoms with Gasteiger partial charge in [-0.2, -0.15) is 0 Å². The van der Waals surface area contributed by atoms with Crippen molar-refractivity contribution in [1.29, 1.82) is 0 Å². The lowest BCUT2D eigenvalue weighted by atomic mass is 9.89. The van der Waals surface area contributed by atoms with Gasteiger partial charge in [-0.1, -0.05) is 6.07 Å². The number of aryl methyl sites for hydroxylation is 1. The Balaban J connectivity index is 1.68. The minimum atomic E-state index is -0.360. The summed E-state index contributed by atoms with van der Waals surface area (Å²) in [5.74, 6) is 2.99. The largest absolute Gasteiger partial charge is 0.497 e. The molecule has 0 unspecified atom stereocenters. The van der Waals surface area contributed by atoms with Gasteiger partial charge in [0.1, 0.15) is 17.1 Å². The van der Waals surface area contributed by atoms with Crippen LogP contribution in [-0.4, -0.2) is 31.8 Å². The van der Waals surface area contributed by atoms with Crippen LogP contribution in [0.5, 0.6) is 23.0 Å². The lowest BCUT2D eigenvalue weighted by Gasteiger charge is -2.38. The number of ether oxygens (including phenoxy) is 4. The summed E-state index contributed by atoms with van der Waals surface area (Å²) in [5, 5.41) is 3.19. The molecule has 0 radical (unpaired) electrons. The van der Waals surface area contributed by atoms with Gasteiger partial charge in [-0.05, 0) is 70.0 Å². The number of carbonyl (C=O) groups is 1. The van der Waals surface area contributed by atoms with Gasteiger partial charge in [0.25, 0.3) is 0 Å². The fraction of sp³-hybridized carbons (Fsp3) is 0.480. The van der Waals surface area contributed by atoms with Gasteiger partial charge in [0.2, 0.25) is 5.91 Å². The second-order valence-corrected chi connectivity index (χ2v) is 8.24. The Kier molecular flexibility index (Phi) is 7.31. The average Bonchev–Trinajstić information content (AvgIpc) is 2.73. The van der Waals surface area contributed by atoms with Gasteiger partial charge in [0, 0.05) is 18.4 Å². The molecule has 0 saturated carbocycles. The Morgan fingerprint density at radius 3 is 2.55 bits per heavy atom. The zero-order chi connectivity index (χ0) is 22.4. The summed E-state index contributed by atoms with van der Waals surface area (Å²) < 4.78 is 22.8. The Morgan fingerprint density at radius 2 is 1.84 bits per heavy atom. The zero-order valence-corrected chi connectivity index (χ0v) is 19.1. The third-order valence-electron chi connectivity index (χ3n) is 5.26. The number of amides is 1. The summed E-state index contributed by atoms with van der Waals surface area (Å²) in [5.41, 5.74) is 1.63. The molecule has 31 heavy (non-hydrogen) atoms. The van der Waals surface area contributed by atoms with E-state index in [9.17, 15) is 4.79 Å². The number of methoxy groups -OCH3 is 1. The fourth-order valence-electron chi connectivity index (χ4n) is 3.86. The highest BCUT2D eigenvalue weighted by atomic mass is 16.5. The third-order valence-corrected chi connectivity index (χ3v) is 5.26. The second kappa shape index (κ2) is 9.94. The van der Waals surface area contributed by atoms with Crippen molar-refractivity contribution in [2.24, 2.45) is 0 Å². The molecule has 0 aliphatic carbocycles. The van der Waals surface area contributed by atoms with E-state index in [0.717, 1.165) is 34.1 Å². The maximum atomic E-state index is 12.8. The highest BCUT2D eigenvalue weighted by Gasteiger charge is 2.34. The summed E-state index contributed by atoms with van der Waals surface area (Å²) >= 11 is 0. The van der Waals surface area contributed by atoms with Crippen molar-refractivity contribution in [2.75, 3.05) is 20.3 Å². The molecule has 1 aliphatic rings. The first kappa shape index (κ1) is 22.8. The molecule has 2 aromatic carbocycles. The molecule has 0 aromatic heterocycles. The van der Waals surface area contributed by atoms with Crippen molar-refractivity contribution in [2.45, 2.75) is 58.6 Å². The molecule has 0 spiro atoms. The van der Waals surface area contributed by atoms with Crippen LogP contribution in [0.25, 0.3) is 0 Å². The van der Waals surface area contributed by atoms with E-state index in [0.29, 0.717) is 32.5 Å². The minimum Gasteiger partial charge on any atom is -0.497 e. The fourth-order valence-corrected chi connectivity index (χ4v) is 3.86. The highest BCUT2D eigenvalue weighted by molar-refractivity contribution is 5.77. The highest BCUT2D eigenvalue weighted by Crippen LogP contribution is 2.41. The molecule has 168 valence electrons. The van der Waals surface area contributed by atoms with Gasteiger partial charge in [0.05, 0.1) is 26.4 Å². The molecule has 3 rings (SSSR count). The zero-order valence-electron chi connectivity index (χ0n) is 19.1. The van der Waals surface area contributed by atoms with E-state index in [-0.39, 0.29) is 17.6 Å². The molecule has 6 heteroatoms. The quantitative estimate of drug-likeness (QED) is 0.620. The first-order valence-corrected chi connectivity index (χ1v) is 10.9. The van der Waals surface area contributed by atoms with E-state index >= 15 is 0 Å². The maximum absolute atomic E-state index is 12.8. The van der Waals surface area contributed by atoms with Gasteiger partial charge in [-0.25, -0.2) is 0 Å². The van der Waals surface area contributed by atoms with Crippen LogP contribution < -0.4 is 24.3 Å². The smallest absolute Gasteiger partial charge is 0.220 e. The Hall–Kier alpha value is -2.89. The Morgan fingerprint density at radius 1 is 1.10 bits per heavy atom. The molecule has 1 amide bonds. The van der Waals surface area contributed by atoms with Crippen LogP contribution >= 0.6 is 0 Å². The van der Waals surface area contributed by atoms with Crippen molar-refractivity contribution in [3.05, 3.63) is 47.5 Å². The summed E-state index contributed by atoms with van der Waals surface area (Å²) in [7, 11) is 1.64. The molecule has 0 saturated heterocycles. The van der Waals surface area contributed by atoms with Crippen LogP contribution in [0.1, 0.15) is 57.7 Å². The second-order valence-electron chi connectivity index (χ2n) is 8.24. The average molecular weight is 428 g/mol. The lowest BCUT2D eigenvalue weighted by molar-refractivity contribution is -0.122. The molecule has 2 aromatic rings. The molecule has 6 nitrogen and oxygen atoms in total. The molecule has 1 heterocycles. The minimum absolute atomic E-state index is 0.00307. The lowest BCUT2D eigenvalue weighted by Crippen LogP contribution is -2.41. The van der Waals surface area contributed by atoms with Crippen molar-refractivity contribution in [3.8, 4) is 23.0 Å². The number of nitrogens with one attached hydrogen (secondary N) is 1. The van der Waals surface area contributed by atoms with E-state index in [1.165, 1.54) is 0 Å². The summed E-state index contributed by atoms with van der Waals surface area (Å²) in [4.78, 5) is 12.8. The summed E-state index contributed by atoms with van der Waals surface area (Å²) in [6.07, 6.45) is 1.70. The van der Waals surface area contributed by atoms with Crippen LogP contribution in [0.15, 0.2) is 36.4 Å². The molecular formula is C25H33NO5. The first-order chi connectivity index (χ1) is 14.8. The van der Waals surface area contributed by atoms with Crippen LogP contribution in [0.3, 0.4) is 0 Å². The van der Waals surface area contributed by atoms with Gasteiger partial charge >= 0.3 is 0 Å². The number of carbonyl (C=O) groups excluding carboxylic acids is 1. The van der Waals surface area contributed by atoms with Gasteiger partial charge in [-0.15, -0.1) is 0 Å². The normalized spacial score (nSPS) is 16.6. The SMILES string of the molecule is CCOc1ccc(CCC(=O)N[C@@H]2CC(C)(C)Oc3ccc(OC)cc32)cc1OCC. The van der Waals surface area contributed by atoms with E-state index < -0.39 is 0 Å². The predicted octanol–water partition coefficient (Wildman–Crippen LogP) is 4.84. The number of fused-ring (bicyclic) bond motifs is 1. The van der Waals surface area contributed by atoms with Gasteiger partial charge in [0.15, 0.2) is 11.5 Å². The molecular weight excluding hydrogens is 394 g/mol. The first-order valence-electron chi connectivity index (χ1n) is 10.9. The molecule has 0 fully saturated rings. The molecule has 1 aliphatic heterocycles. The topological polar surface area (TPSA) is 66.0 Å². The predicted molar refractivity (Wildman–Crippen MR) is 120 cm³/mol. The maximum Gasteiger partial charge on any atom is 0.220 e. The molecule has 0 bridgehead atoms. The van der Waals surface area contributed by atoms with Crippen LogP contribution in [0.2, 0.25) is 0 Å². The summed E-state index contributed by atoms with van der Waals surface area (Å²) in [6, 6.07) is 11.4. The van der Waals surface area contributed by atoms with Crippen LogP contribution in [-0.2, 0) is 11.2 Å². The van der Waals surface area contributed by atoms with Crippen molar-refractivity contribution in [3.63, 3.8) is 0 Å². The standard InChI is InChI=1S/C25H33NO5/c1-6-29-22-11-8-17(14-23(22)30-7-2)9-13-24(27)26-20-16-25(3,4)31-21-12-10-18(28-5)15-19(20)21/h8,10-12,14-15,20H,6-7,9,13,16H2,1-5H3,(H,26,27)/t20-/m1/s1. The monoisotopic (exact) mass is 427 g/mol. The van der Waals surface area contributed by atoms with Crippen molar-refractivity contribution in [1.82, 2.24) is 5.32 Å². The number of hydrogen-bond acceptors (Lipinski definition) is 5. The van der Waals surface area contributed by atoms with E-state index in [2.05, 4.69) is 5.32 Å². The van der Waals surface area contributed by atoms with E-state index in [1.807, 2.05) is 64.1 Å². The number of benzene rings is 2. The van der Waals surface area contributed by atoms with Gasteiger partial charge in [-0.3, -0.25) is 4.79 Å². The number of hydrogen-bond donors (Lipinski definition) is 1. The van der Waals surface area contributed by atoms with Crippen LogP contribution in [0.4, 0.5) is 0 Å². The van der Waals surface area contributed by atoms with Crippen molar-refractivity contribution < 1.29 is 23.7 Å². The molecule has 1 atom stereocenters. The molecule has 1 N–H and O–H groups in total. The van der Waals surface area contributed by atoms with Crippen LogP contribution in [0, 0.1) is 0 Å². The van der Waals surface area contributed by atoms with Crippen molar-refractivity contribution >= 4 is 5.91 Å². The third kappa shape index (κ3) is 5.84. The summed E-state index contributed by atoms with van der Waals surface area (Å²) in [6.45, 7) is 9.10. The number of rotatable bonds is 9. The van der Waals surface area contributed by atoms with Gasteiger partial charge < -0.3 is 24.3 Å². The van der Waals surface area contributed by atoms with E-state index in [1.54, 1.807) is 7.11 Å². The van der Waals surface area contributed by atoms with E-state index in [4.69, 9.17) is 18.9 Å².